The zero-order valence-electron chi connectivity index (χ0n) is 26.7. The van der Waals surface area contributed by atoms with Gasteiger partial charge in [0, 0.05) is 44.2 Å². The van der Waals surface area contributed by atoms with Gasteiger partial charge in [-0.15, -0.1) is 0 Å². The Bertz CT molecular complexity index is 1040. The van der Waals surface area contributed by atoms with Gasteiger partial charge in [0.05, 0.1) is 12.1 Å². The first kappa shape index (κ1) is 33.5. The third kappa shape index (κ3) is 8.16. The SMILES string of the molecule is CN[C@H](C(=O)N[C@H](C(=O)N(C)[C@H](/C=C(\C)C(=O)N1CCN(C)CC1)C(C)C)C(C)(C)C)C(C)(C)c1ccccc1. The summed E-state index contributed by atoms with van der Waals surface area (Å²) in [4.78, 5) is 46.8. The van der Waals surface area contributed by atoms with Crippen LogP contribution in [0.25, 0.3) is 0 Å². The monoisotopic (exact) mass is 555 g/mol. The molecule has 3 atom stereocenters. The molecule has 0 unspecified atom stereocenters. The van der Waals surface area contributed by atoms with Gasteiger partial charge in [-0.25, -0.2) is 0 Å². The molecule has 1 saturated heterocycles. The fourth-order valence-corrected chi connectivity index (χ4v) is 5.42. The van der Waals surface area contributed by atoms with Crippen molar-refractivity contribution in [3.8, 4) is 0 Å². The highest BCUT2D eigenvalue weighted by Crippen LogP contribution is 2.29. The normalized spacial score (nSPS) is 17.8. The van der Waals surface area contributed by atoms with Crippen LogP contribution in [0.4, 0.5) is 0 Å². The second kappa shape index (κ2) is 13.8. The average Bonchev–Trinajstić information content (AvgIpc) is 2.89. The first-order valence-corrected chi connectivity index (χ1v) is 14.5. The summed E-state index contributed by atoms with van der Waals surface area (Å²) in [5, 5.41) is 6.28. The van der Waals surface area contributed by atoms with Crippen molar-refractivity contribution in [2.75, 3.05) is 47.3 Å². The van der Waals surface area contributed by atoms with E-state index < -0.39 is 22.9 Å². The van der Waals surface area contributed by atoms with Gasteiger partial charge in [-0.3, -0.25) is 14.4 Å². The lowest BCUT2D eigenvalue weighted by molar-refractivity contribution is -0.141. The molecule has 0 aliphatic carbocycles. The minimum atomic E-state index is -0.754. The molecule has 8 nitrogen and oxygen atoms in total. The van der Waals surface area contributed by atoms with E-state index in [1.54, 1.807) is 19.0 Å². The molecule has 1 fully saturated rings. The van der Waals surface area contributed by atoms with Crippen LogP contribution in [0.2, 0.25) is 0 Å². The van der Waals surface area contributed by atoms with Crippen molar-refractivity contribution in [3.63, 3.8) is 0 Å². The van der Waals surface area contributed by atoms with Gasteiger partial charge in [0.15, 0.2) is 0 Å². The van der Waals surface area contributed by atoms with Gasteiger partial charge in [-0.1, -0.05) is 84.9 Å². The molecular formula is C32H53N5O3. The lowest BCUT2D eigenvalue weighted by Gasteiger charge is -2.40. The first-order valence-electron chi connectivity index (χ1n) is 14.5. The Hall–Kier alpha value is -2.71. The van der Waals surface area contributed by atoms with Gasteiger partial charge in [-0.2, -0.15) is 0 Å². The number of benzene rings is 1. The Morgan fingerprint density at radius 3 is 1.98 bits per heavy atom. The second-order valence-electron chi connectivity index (χ2n) is 13.2. The van der Waals surface area contributed by atoms with E-state index in [-0.39, 0.29) is 29.7 Å². The molecule has 2 rings (SSSR count). The lowest BCUT2D eigenvalue weighted by atomic mass is 9.76. The molecule has 0 saturated carbocycles. The predicted octanol–water partition coefficient (Wildman–Crippen LogP) is 3.29. The molecule has 1 heterocycles. The Kier molecular flexibility index (Phi) is 11.5. The van der Waals surface area contributed by atoms with Crippen LogP contribution in [-0.2, 0) is 19.8 Å². The van der Waals surface area contributed by atoms with Crippen LogP contribution in [0, 0.1) is 11.3 Å². The van der Waals surface area contributed by atoms with Crippen LogP contribution in [0.5, 0.6) is 0 Å². The summed E-state index contributed by atoms with van der Waals surface area (Å²) < 4.78 is 0. The highest BCUT2D eigenvalue weighted by Gasteiger charge is 2.41. The number of hydrogen-bond acceptors (Lipinski definition) is 5. The number of hydrogen-bond donors (Lipinski definition) is 2. The molecule has 0 bridgehead atoms. The average molecular weight is 556 g/mol. The predicted molar refractivity (Wildman–Crippen MR) is 163 cm³/mol. The third-order valence-electron chi connectivity index (χ3n) is 8.22. The van der Waals surface area contributed by atoms with E-state index in [0.717, 1.165) is 18.7 Å². The van der Waals surface area contributed by atoms with E-state index in [4.69, 9.17) is 0 Å². The summed E-state index contributed by atoms with van der Waals surface area (Å²) in [6, 6.07) is 8.32. The second-order valence-corrected chi connectivity index (χ2v) is 13.2. The Labute approximate surface area is 242 Å². The van der Waals surface area contributed by atoms with Gasteiger partial charge < -0.3 is 25.3 Å². The van der Waals surface area contributed by atoms with E-state index in [9.17, 15) is 14.4 Å². The van der Waals surface area contributed by atoms with Crippen molar-refractivity contribution in [2.24, 2.45) is 11.3 Å². The standard InChI is InChI=1S/C32H53N5O3/c1-22(2)25(21-23(3)29(39)37-19-17-35(10)18-20-37)36(11)30(40)27(31(4,5)6)34-28(38)26(33-9)32(7,8)24-15-13-12-14-16-24/h12-16,21-22,25-27,33H,17-20H2,1-11H3,(H,34,38)/b23-21+/t25-,26-,27-/m1/s1. The highest BCUT2D eigenvalue weighted by molar-refractivity contribution is 5.94. The molecule has 1 aliphatic rings. The summed E-state index contributed by atoms with van der Waals surface area (Å²) in [5.74, 6) is -0.318. The molecule has 3 amide bonds. The van der Waals surface area contributed by atoms with Gasteiger partial charge in [0.1, 0.15) is 6.04 Å². The summed E-state index contributed by atoms with van der Waals surface area (Å²) in [7, 11) is 5.60. The fourth-order valence-electron chi connectivity index (χ4n) is 5.42. The van der Waals surface area contributed by atoms with Crippen LogP contribution < -0.4 is 10.6 Å². The molecule has 0 radical (unpaired) electrons. The number of likely N-dealkylation sites (N-methyl/N-ethyl adjacent to an activating group) is 3. The zero-order chi connectivity index (χ0) is 30.4. The van der Waals surface area contributed by atoms with Gasteiger partial charge in [0.25, 0.3) is 0 Å². The maximum Gasteiger partial charge on any atom is 0.249 e. The molecule has 8 heteroatoms. The van der Waals surface area contributed by atoms with E-state index >= 15 is 0 Å². The molecule has 1 aromatic carbocycles. The summed E-state index contributed by atoms with van der Waals surface area (Å²) >= 11 is 0. The van der Waals surface area contributed by atoms with Crippen LogP contribution >= 0.6 is 0 Å². The number of carbonyl (C=O) groups excluding carboxylic acids is 3. The van der Waals surface area contributed by atoms with Crippen molar-refractivity contribution >= 4 is 17.7 Å². The van der Waals surface area contributed by atoms with E-state index in [1.165, 1.54) is 0 Å². The van der Waals surface area contributed by atoms with Crippen LogP contribution in [0.1, 0.15) is 61.0 Å². The van der Waals surface area contributed by atoms with Crippen molar-refractivity contribution in [3.05, 3.63) is 47.5 Å². The summed E-state index contributed by atoms with van der Waals surface area (Å²) in [5.41, 5.74) is 0.623. The molecule has 2 N–H and O–H groups in total. The highest BCUT2D eigenvalue weighted by atomic mass is 16.2. The van der Waals surface area contributed by atoms with Crippen molar-refractivity contribution in [1.82, 2.24) is 25.3 Å². The number of piperazine rings is 1. The quantitative estimate of drug-likeness (QED) is 0.433. The number of nitrogens with zero attached hydrogens (tertiary/aromatic N) is 3. The Balaban J connectivity index is 2.29. The number of rotatable bonds is 10. The number of amides is 3. The van der Waals surface area contributed by atoms with E-state index in [1.807, 2.05) is 96.7 Å². The number of carbonyl (C=O) groups is 3. The summed E-state index contributed by atoms with van der Waals surface area (Å²) in [6.45, 7) is 19.0. The van der Waals surface area contributed by atoms with Gasteiger partial charge >= 0.3 is 0 Å². The van der Waals surface area contributed by atoms with Crippen LogP contribution in [-0.4, -0.2) is 97.9 Å². The van der Waals surface area contributed by atoms with Gasteiger partial charge in [-0.05, 0) is 37.9 Å². The molecule has 1 aromatic rings. The maximum absolute atomic E-state index is 14.1. The minimum Gasteiger partial charge on any atom is -0.342 e. The molecule has 224 valence electrons. The summed E-state index contributed by atoms with van der Waals surface area (Å²) in [6.07, 6.45) is 1.92. The smallest absolute Gasteiger partial charge is 0.249 e. The van der Waals surface area contributed by atoms with E-state index in [2.05, 4.69) is 22.6 Å². The van der Waals surface area contributed by atoms with Crippen LogP contribution in [0.15, 0.2) is 42.0 Å². The lowest BCUT2D eigenvalue weighted by Crippen LogP contribution is -2.61. The first-order chi connectivity index (χ1) is 18.5. The largest absolute Gasteiger partial charge is 0.342 e. The minimum absolute atomic E-state index is 0.0141. The van der Waals surface area contributed by atoms with Crippen LogP contribution in [0.3, 0.4) is 0 Å². The molecule has 40 heavy (non-hydrogen) atoms. The van der Waals surface area contributed by atoms with Crippen molar-refractivity contribution in [2.45, 2.75) is 78.9 Å². The topological polar surface area (TPSA) is 85.0 Å². The molecule has 0 spiro atoms. The number of nitrogens with one attached hydrogen (secondary N) is 2. The van der Waals surface area contributed by atoms with Crippen molar-refractivity contribution in [1.29, 1.82) is 0 Å². The zero-order valence-corrected chi connectivity index (χ0v) is 26.7. The Morgan fingerprint density at radius 1 is 0.950 bits per heavy atom. The molecular weight excluding hydrogens is 502 g/mol. The van der Waals surface area contributed by atoms with E-state index in [0.29, 0.717) is 18.7 Å². The molecule has 1 aliphatic heterocycles. The third-order valence-corrected chi connectivity index (χ3v) is 8.22. The maximum atomic E-state index is 14.1. The fraction of sp³-hybridized carbons (Fsp3) is 0.656. The Morgan fingerprint density at radius 2 is 1.50 bits per heavy atom. The molecule has 0 aromatic heterocycles. The van der Waals surface area contributed by atoms with Gasteiger partial charge in [0.2, 0.25) is 17.7 Å². The van der Waals surface area contributed by atoms with Crippen molar-refractivity contribution < 1.29 is 14.4 Å².